The van der Waals surface area contributed by atoms with Crippen molar-refractivity contribution in [2.45, 2.75) is 46.5 Å². The van der Waals surface area contributed by atoms with Crippen LogP contribution in [0.5, 0.6) is 0 Å². The lowest BCUT2D eigenvalue weighted by Gasteiger charge is -1.99. The fraction of sp³-hybridized carbons (Fsp3) is 0.500. The van der Waals surface area contributed by atoms with Gasteiger partial charge in [0.25, 0.3) is 0 Å². The summed E-state index contributed by atoms with van der Waals surface area (Å²) in [6.07, 6.45) is 8.77. The Morgan fingerprint density at radius 2 is 1.64 bits per heavy atom. The summed E-state index contributed by atoms with van der Waals surface area (Å²) in [4.78, 5) is 0. The average Bonchev–Trinajstić information content (AvgIpc) is 2.02. The second-order valence-electron chi connectivity index (χ2n) is 4.03. The Morgan fingerprint density at radius 1 is 1.07 bits per heavy atom. The number of rotatable bonds is 6. The molecule has 14 heavy (non-hydrogen) atoms. The van der Waals surface area contributed by atoms with E-state index in [0.717, 1.165) is 31.3 Å². The third kappa shape index (κ3) is 9.31. The average molecular weight is 190 g/mol. The molecule has 0 N–H and O–H groups in total. The Labute approximate surface area is 89.4 Å². The molecule has 0 nitrogen and oxygen atoms in total. The maximum Gasteiger partial charge on any atom is -0.00630 e. The fourth-order valence-electron chi connectivity index (χ4n) is 1.19. The zero-order valence-electron chi connectivity index (χ0n) is 9.77. The predicted octanol–water partition coefficient (Wildman–Crippen LogP) is 4.73. The molecule has 0 rings (SSSR count). The monoisotopic (exact) mass is 190 g/mol. The van der Waals surface area contributed by atoms with Crippen LogP contribution in [0.1, 0.15) is 46.5 Å². The largest absolute Gasteiger partial charge is 0.100 e. The molecule has 0 heterocycles. The number of hydrogen-bond acceptors (Lipinski definition) is 0. The van der Waals surface area contributed by atoms with Gasteiger partial charge in [0, 0.05) is 0 Å². The minimum Gasteiger partial charge on any atom is -0.100 e. The Balaban J connectivity index is 3.67. The van der Waals surface area contributed by atoms with Crippen molar-refractivity contribution >= 4 is 0 Å². The summed E-state index contributed by atoms with van der Waals surface area (Å²) in [6, 6.07) is 0. The lowest BCUT2D eigenvalue weighted by atomic mass is 10.1. The van der Waals surface area contributed by atoms with Crippen LogP contribution in [-0.2, 0) is 0 Å². The molecule has 0 aromatic carbocycles. The highest BCUT2D eigenvalue weighted by atomic mass is 14.0. The summed E-state index contributed by atoms with van der Waals surface area (Å²) >= 11 is 0. The van der Waals surface area contributed by atoms with Crippen LogP contribution in [0.25, 0.3) is 0 Å². The van der Waals surface area contributed by atoms with E-state index in [0.29, 0.717) is 0 Å². The molecule has 0 amide bonds. The molecule has 0 heteroatoms. The van der Waals surface area contributed by atoms with E-state index in [-0.39, 0.29) is 0 Å². The number of hydrogen-bond donors (Lipinski definition) is 0. The standard InChI is InChI=1S/C14H22/c1-12(2)8-6-10-14(5)11-7-9-13(3)4/h1,8,11H,3,6-7,9-10H2,2,4-5H3. The van der Waals surface area contributed by atoms with Crippen molar-refractivity contribution < 1.29 is 0 Å². The molecular weight excluding hydrogens is 168 g/mol. The SMILES string of the molecule is [CH]C(C)=CCCC(C)=CCCC(=C)C. The van der Waals surface area contributed by atoms with Crippen LogP contribution in [0.4, 0.5) is 0 Å². The smallest absolute Gasteiger partial charge is 0.00630 e. The van der Waals surface area contributed by atoms with Crippen molar-refractivity contribution in [3.8, 4) is 0 Å². The maximum atomic E-state index is 5.55. The summed E-state index contributed by atoms with van der Waals surface area (Å²) in [5.41, 5.74) is 3.62. The first-order valence-electron chi connectivity index (χ1n) is 5.24. The van der Waals surface area contributed by atoms with Gasteiger partial charge in [0.15, 0.2) is 0 Å². The molecular formula is C14H22. The first kappa shape index (κ1) is 13.2. The minimum absolute atomic E-state index is 0.916. The van der Waals surface area contributed by atoms with Crippen molar-refractivity contribution in [2.24, 2.45) is 0 Å². The lowest BCUT2D eigenvalue weighted by molar-refractivity contribution is 0.922. The van der Waals surface area contributed by atoms with Gasteiger partial charge in [-0.25, -0.2) is 0 Å². The number of allylic oxidation sites excluding steroid dienone is 5. The molecule has 0 aliphatic carbocycles. The van der Waals surface area contributed by atoms with E-state index in [4.69, 9.17) is 6.92 Å². The van der Waals surface area contributed by atoms with Gasteiger partial charge in [-0.3, -0.25) is 0 Å². The molecule has 0 aromatic heterocycles. The van der Waals surface area contributed by atoms with Gasteiger partial charge in [-0.1, -0.05) is 28.9 Å². The summed E-state index contributed by atoms with van der Waals surface area (Å²) in [5, 5.41) is 0. The second-order valence-corrected chi connectivity index (χ2v) is 4.03. The van der Waals surface area contributed by atoms with Gasteiger partial charge in [-0.2, -0.15) is 0 Å². The Morgan fingerprint density at radius 3 is 2.14 bits per heavy atom. The van der Waals surface area contributed by atoms with E-state index in [2.05, 4.69) is 32.6 Å². The van der Waals surface area contributed by atoms with E-state index in [1.54, 1.807) is 0 Å². The van der Waals surface area contributed by atoms with Crippen LogP contribution in [0.2, 0.25) is 0 Å². The topological polar surface area (TPSA) is 0 Å². The van der Waals surface area contributed by atoms with E-state index >= 15 is 0 Å². The third-order valence-electron chi connectivity index (χ3n) is 2.07. The normalized spacial score (nSPS) is 13.1. The van der Waals surface area contributed by atoms with Crippen molar-refractivity contribution in [1.82, 2.24) is 0 Å². The van der Waals surface area contributed by atoms with Crippen LogP contribution in [0.3, 0.4) is 0 Å². The van der Waals surface area contributed by atoms with Gasteiger partial charge < -0.3 is 0 Å². The molecule has 0 spiro atoms. The molecule has 0 saturated heterocycles. The highest BCUT2D eigenvalue weighted by Gasteiger charge is 1.89. The van der Waals surface area contributed by atoms with Gasteiger partial charge in [-0.05, 0) is 53.4 Å². The Hall–Kier alpha value is -0.780. The third-order valence-corrected chi connectivity index (χ3v) is 2.07. The summed E-state index contributed by atoms with van der Waals surface area (Å²) in [5.74, 6) is 0. The highest BCUT2D eigenvalue weighted by Crippen LogP contribution is 2.10. The van der Waals surface area contributed by atoms with Crippen molar-refractivity contribution in [3.63, 3.8) is 0 Å². The van der Waals surface area contributed by atoms with Crippen molar-refractivity contribution in [1.29, 1.82) is 0 Å². The molecule has 0 bridgehead atoms. The molecule has 0 aliphatic heterocycles. The molecule has 0 atom stereocenters. The van der Waals surface area contributed by atoms with Gasteiger partial charge in [0.05, 0.1) is 0 Å². The van der Waals surface area contributed by atoms with E-state index in [1.807, 2.05) is 6.92 Å². The Kier molecular flexibility index (Phi) is 7.18. The first-order valence-corrected chi connectivity index (χ1v) is 5.24. The van der Waals surface area contributed by atoms with Gasteiger partial charge in [0.2, 0.25) is 0 Å². The van der Waals surface area contributed by atoms with Crippen LogP contribution in [0, 0.1) is 6.92 Å². The zero-order valence-corrected chi connectivity index (χ0v) is 9.77. The molecule has 0 aliphatic rings. The van der Waals surface area contributed by atoms with Gasteiger partial charge in [-0.15, -0.1) is 6.58 Å². The van der Waals surface area contributed by atoms with Crippen LogP contribution >= 0.6 is 0 Å². The van der Waals surface area contributed by atoms with Crippen LogP contribution in [-0.4, -0.2) is 0 Å². The van der Waals surface area contributed by atoms with Gasteiger partial charge in [0.1, 0.15) is 0 Å². The maximum absolute atomic E-state index is 5.55. The minimum atomic E-state index is 0.916. The second kappa shape index (κ2) is 7.61. The molecule has 0 aromatic rings. The predicted molar refractivity (Wildman–Crippen MR) is 65.1 cm³/mol. The summed E-state index contributed by atoms with van der Waals surface area (Å²) < 4.78 is 0. The van der Waals surface area contributed by atoms with E-state index < -0.39 is 0 Å². The summed E-state index contributed by atoms with van der Waals surface area (Å²) in [6.45, 7) is 15.6. The molecule has 78 valence electrons. The Bertz CT molecular complexity index is 224. The molecule has 0 unspecified atom stereocenters. The zero-order chi connectivity index (χ0) is 11.0. The van der Waals surface area contributed by atoms with Crippen LogP contribution in [0.15, 0.2) is 35.5 Å². The lowest BCUT2D eigenvalue weighted by Crippen LogP contribution is -1.79. The van der Waals surface area contributed by atoms with Gasteiger partial charge >= 0.3 is 0 Å². The first-order chi connectivity index (χ1) is 6.52. The van der Waals surface area contributed by atoms with Crippen LogP contribution < -0.4 is 0 Å². The fourth-order valence-corrected chi connectivity index (χ4v) is 1.19. The van der Waals surface area contributed by atoms with Crippen molar-refractivity contribution in [2.75, 3.05) is 0 Å². The molecule has 0 fully saturated rings. The summed E-state index contributed by atoms with van der Waals surface area (Å²) in [7, 11) is 0. The quantitative estimate of drug-likeness (QED) is 0.531. The molecule has 0 saturated carbocycles. The highest BCUT2D eigenvalue weighted by molar-refractivity contribution is 5.05. The molecule has 2 radical (unpaired) electrons. The van der Waals surface area contributed by atoms with E-state index in [1.165, 1.54) is 11.1 Å². The van der Waals surface area contributed by atoms with Crippen molar-refractivity contribution in [3.05, 3.63) is 42.4 Å². The van der Waals surface area contributed by atoms with E-state index in [9.17, 15) is 0 Å².